The van der Waals surface area contributed by atoms with Gasteiger partial charge in [0.1, 0.15) is 11.9 Å². The highest BCUT2D eigenvalue weighted by Gasteiger charge is 2.35. The number of nitrogens with one attached hydrogen (secondary N) is 1. The topological polar surface area (TPSA) is 89.4 Å². The van der Waals surface area contributed by atoms with Crippen molar-refractivity contribution < 1.29 is 29.2 Å². The fraction of sp³-hybridized carbons (Fsp3) is 0.389. The minimum Gasteiger partial charge on any atom is -0.494 e. The smallest absolute Gasteiger partial charge is 0.119 e. The predicted octanol–water partition coefficient (Wildman–Crippen LogP) is 5.08. The van der Waals surface area contributed by atoms with E-state index in [9.17, 15) is 10.2 Å². The van der Waals surface area contributed by atoms with E-state index in [1.165, 1.54) is 21.9 Å². The van der Waals surface area contributed by atoms with Crippen molar-refractivity contribution >= 4 is 10.8 Å². The first-order valence-electron chi connectivity index (χ1n) is 15.2. The summed E-state index contributed by atoms with van der Waals surface area (Å²) >= 11 is 0. The van der Waals surface area contributed by atoms with Crippen LogP contribution in [-0.4, -0.2) is 68.5 Å². The Labute approximate surface area is 254 Å². The molecule has 0 bridgehead atoms. The minimum absolute atomic E-state index is 0.0647. The first-order chi connectivity index (χ1) is 21.2. The van der Waals surface area contributed by atoms with Gasteiger partial charge in [0.2, 0.25) is 0 Å². The highest BCUT2D eigenvalue weighted by Crippen LogP contribution is 2.34. The molecule has 0 radical (unpaired) electrons. The first-order valence-corrected chi connectivity index (χ1v) is 15.2. The second-order valence-electron chi connectivity index (χ2n) is 11.2. The molecule has 43 heavy (non-hydrogen) atoms. The van der Waals surface area contributed by atoms with Gasteiger partial charge in [-0.25, -0.2) is 0 Å². The average Bonchev–Trinajstić information content (AvgIpc) is 3.06. The Bertz CT molecular complexity index is 1370. The summed E-state index contributed by atoms with van der Waals surface area (Å²) in [7, 11) is 0. The van der Waals surface area contributed by atoms with Crippen molar-refractivity contribution in [2.75, 3.05) is 46.1 Å². The zero-order valence-corrected chi connectivity index (χ0v) is 24.6. The van der Waals surface area contributed by atoms with Gasteiger partial charge in [0.25, 0.3) is 0 Å². The number of benzene rings is 4. The van der Waals surface area contributed by atoms with Crippen molar-refractivity contribution in [2.24, 2.45) is 5.92 Å². The number of hydrogen-bond donors (Lipinski definition) is 3. The van der Waals surface area contributed by atoms with E-state index in [1.807, 2.05) is 30.3 Å². The van der Waals surface area contributed by atoms with E-state index in [0.717, 1.165) is 30.8 Å². The molecule has 1 aliphatic heterocycles. The van der Waals surface area contributed by atoms with E-state index in [0.29, 0.717) is 33.0 Å². The van der Waals surface area contributed by atoms with Crippen LogP contribution in [-0.2, 0) is 27.4 Å². The second kappa shape index (κ2) is 16.5. The highest BCUT2D eigenvalue weighted by atomic mass is 16.5. The largest absolute Gasteiger partial charge is 0.494 e. The molecule has 3 N–H and O–H groups in total. The fourth-order valence-corrected chi connectivity index (χ4v) is 5.62. The third-order valence-electron chi connectivity index (χ3n) is 7.87. The van der Waals surface area contributed by atoms with E-state index < -0.39 is 6.10 Å². The Morgan fingerprint density at radius 3 is 2.37 bits per heavy atom. The molecule has 0 amide bonds. The van der Waals surface area contributed by atoms with Gasteiger partial charge in [-0.05, 0) is 45.7 Å². The van der Waals surface area contributed by atoms with Crippen LogP contribution in [0.4, 0.5) is 0 Å². The molecule has 5 rings (SSSR count). The summed E-state index contributed by atoms with van der Waals surface area (Å²) in [6, 6.07) is 33.3. The molecule has 0 saturated carbocycles. The molecule has 1 heterocycles. The molecule has 7 heteroatoms. The van der Waals surface area contributed by atoms with Gasteiger partial charge in [0, 0.05) is 31.3 Å². The Kier molecular flexibility index (Phi) is 12.0. The Balaban J connectivity index is 1.19. The Hall–Kier alpha value is -3.30. The molecule has 228 valence electrons. The van der Waals surface area contributed by atoms with Gasteiger partial charge in [0.05, 0.1) is 52.4 Å². The van der Waals surface area contributed by atoms with Gasteiger partial charge in [-0.1, -0.05) is 78.9 Å². The molecule has 1 unspecified atom stereocenters. The van der Waals surface area contributed by atoms with E-state index in [2.05, 4.69) is 72.0 Å². The van der Waals surface area contributed by atoms with Crippen LogP contribution in [0, 0.1) is 5.92 Å². The van der Waals surface area contributed by atoms with E-state index in [4.69, 9.17) is 18.9 Å². The maximum Gasteiger partial charge on any atom is 0.119 e. The minimum atomic E-state index is -0.880. The van der Waals surface area contributed by atoms with Crippen LogP contribution in [0.5, 0.6) is 5.75 Å². The van der Waals surface area contributed by atoms with Crippen molar-refractivity contribution in [3.63, 3.8) is 0 Å². The number of fused-ring (bicyclic) bond motifs is 1. The summed E-state index contributed by atoms with van der Waals surface area (Å²) in [6.07, 6.45) is -0.132. The van der Waals surface area contributed by atoms with Crippen molar-refractivity contribution in [3.05, 3.63) is 114 Å². The van der Waals surface area contributed by atoms with Gasteiger partial charge >= 0.3 is 0 Å². The normalized spacial score (nSPS) is 19.3. The fourth-order valence-electron chi connectivity index (χ4n) is 5.62. The number of ether oxygens (including phenoxy) is 4. The van der Waals surface area contributed by atoms with Crippen LogP contribution in [0.1, 0.15) is 29.0 Å². The van der Waals surface area contributed by atoms with Crippen LogP contribution >= 0.6 is 0 Å². The zero-order valence-electron chi connectivity index (χ0n) is 24.6. The van der Waals surface area contributed by atoms with Crippen LogP contribution in [0.15, 0.2) is 97.1 Å². The molecule has 0 spiro atoms. The molecular formula is C36H43NO6. The zero-order chi connectivity index (χ0) is 29.7. The van der Waals surface area contributed by atoms with Crippen molar-refractivity contribution in [3.8, 4) is 5.75 Å². The summed E-state index contributed by atoms with van der Waals surface area (Å²) in [5, 5.41) is 24.9. The van der Waals surface area contributed by atoms with Crippen LogP contribution in [0.3, 0.4) is 0 Å². The second-order valence-corrected chi connectivity index (χ2v) is 11.2. The molecule has 4 aromatic carbocycles. The number of hydrogen-bond acceptors (Lipinski definition) is 7. The predicted molar refractivity (Wildman–Crippen MR) is 168 cm³/mol. The summed E-state index contributed by atoms with van der Waals surface area (Å²) in [5.74, 6) is 1.05. The monoisotopic (exact) mass is 585 g/mol. The van der Waals surface area contributed by atoms with Crippen molar-refractivity contribution in [2.45, 2.75) is 37.8 Å². The van der Waals surface area contributed by atoms with Gasteiger partial charge < -0.3 is 34.5 Å². The molecular weight excluding hydrogens is 542 g/mol. The number of piperidine rings is 1. The molecule has 0 aliphatic carbocycles. The first kappa shape index (κ1) is 31.1. The summed E-state index contributed by atoms with van der Waals surface area (Å²) in [5.41, 5.74) is 3.47. The highest BCUT2D eigenvalue weighted by molar-refractivity contribution is 5.82. The Morgan fingerprint density at radius 1 is 0.767 bits per heavy atom. The maximum absolute atomic E-state index is 9.77. The number of rotatable bonds is 16. The maximum atomic E-state index is 9.77. The average molecular weight is 586 g/mol. The summed E-state index contributed by atoms with van der Waals surface area (Å²) < 4.78 is 24.2. The van der Waals surface area contributed by atoms with Gasteiger partial charge in [-0.3, -0.25) is 0 Å². The summed E-state index contributed by atoms with van der Waals surface area (Å²) in [4.78, 5) is 0. The third-order valence-corrected chi connectivity index (χ3v) is 7.87. The standard InChI is InChI=1S/C36H43NO6/c38-22-33(39)26-41-25-32-20-37-21-35(43-24-28-11-12-29-9-4-5-10-31(29)19-28)36(32)30-13-15-34(16-14-30)42-18-6-17-40-23-27-7-2-1-3-8-27/h1-5,7-16,19,32-33,35-39H,6,17-18,20-26H2/t32-,33+,35?,36-/m0/s1. The SMILES string of the molecule is OC[C@@H](O)COC[C@@H]1CNCC(OCc2ccc3ccccc3c2)[C@H]1c1ccc(OCCCOCc2ccccc2)cc1. The lowest BCUT2D eigenvalue weighted by atomic mass is 9.79. The van der Waals surface area contributed by atoms with E-state index >= 15 is 0 Å². The molecule has 1 aliphatic rings. The molecule has 1 saturated heterocycles. The van der Waals surface area contributed by atoms with Crippen molar-refractivity contribution in [1.82, 2.24) is 5.32 Å². The van der Waals surface area contributed by atoms with Crippen LogP contribution in [0.2, 0.25) is 0 Å². The summed E-state index contributed by atoms with van der Waals surface area (Å²) in [6.45, 7) is 4.10. The lowest BCUT2D eigenvalue weighted by molar-refractivity contribution is -0.0416. The number of aliphatic hydroxyl groups excluding tert-OH is 2. The molecule has 7 nitrogen and oxygen atoms in total. The Morgan fingerprint density at radius 2 is 1.56 bits per heavy atom. The molecule has 1 fully saturated rings. The quantitative estimate of drug-likeness (QED) is 0.158. The molecule has 0 aromatic heterocycles. The van der Waals surface area contributed by atoms with Crippen molar-refractivity contribution in [1.29, 1.82) is 0 Å². The molecule has 4 atom stereocenters. The van der Waals surface area contributed by atoms with E-state index in [-0.39, 0.29) is 31.2 Å². The third kappa shape index (κ3) is 9.34. The van der Waals surface area contributed by atoms with E-state index in [1.54, 1.807) is 0 Å². The lowest BCUT2D eigenvalue weighted by Gasteiger charge is -2.39. The van der Waals surface area contributed by atoms with Gasteiger partial charge in [-0.2, -0.15) is 0 Å². The van der Waals surface area contributed by atoms with Gasteiger partial charge in [-0.15, -0.1) is 0 Å². The van der Waals surface area contributed by atoms with Gasteiger partial charge in [0.15, 0.2) is 0 Å². The lowest BCUT2D eigenvalue weighted by Crippen LogP contribution is -2.48. The molecule has 4 aromatic rings. The van der Waals surface area contributed by atoms with Crippen LogP contribution in [0.25, 0.3) is 10.8 Å². The van der Waals surface area contributed by atoms with Crippen LogP contribution < -0.4 is 10.1 Å². The number of aliphatic hydroxyl groups is 2.